The van der Waals surface area contributed by atoms with Crippen molar-refractivity contribution in [3.05, 3.63) is 0 Å². The maximum atomic E-state index is 3.48. The third-order valence-electron chi connectivity index (χ3n) is 7.08. The molecule has 2 aliphatic carbocycles. The highest BCUT2D eigenvalue weighted by molar-refractivity contribution is 7.19. The third kappa shape index (κ3) is 2.73. The number of rotatable bonds is 1. The third-order valence-corrected chi connectivity index (χ3v) is 8.33. The fourth-order valence-corrected chi connectivity index (χ4v) is 8.24. The van der Waals surface area contributed by atoms with Gasteiger partial charge in [0.15, 0.2) is 0 Å². The predicted octanol–water partition coefficient (Wildman–Crippen LogP) is 6.83. The average molecular weight is 311 g/mol. The molecule has 0 saturated heterocycles. The highest BCUT2D eigenvalue weighted by Gasteiger charge is 2.63. The summed E-state index contributed by atoms with van der Waals surface area (Å²) in [6.45, 7) is 15.1. The molecule has 21 heavy (non-hydrogen) atoms. The zero-order valence-electron chi connectivity index (χ0n) is 15.5. The van der Waals surface area contributed by atoms with Gasteiger partial charge in [0.1, 0.15) is 0 Å². The first-order chi connectivity index (χ1) is 9.56. The van der Waals surface area contributed by atoms with E-state index >= 15 is 0 Å². The van der Waals surface area contributed by atoms with Gasteiger partial charge in [-0.1, -0.05) is 73.6 Å². The average Bonchev–Trinajstić information content (AvgIpc) is 2.37. The molecule has 2 atom stereocenters. The molecule has 1 heteroatoms. The van der Waals surface area contributed by atoms with Crippen LogP contribution in [0, 0.1) is 22.2 Å². The van der Waals surface area contributed by atoms with E-state index in [4.69, 9.17) is 0 Å². The largest absolute Gasteiger partial charge is 0.130 e. The zero-order chi connectivity index (χ0) is 15.9. The minimum Gasteiger partial charge on any atom is -0.130 e. The monoisotopic (exact) mass is 310 g/mol. The molecule has 0 amide bonds. The molecule has 0 nitrogen and oxygen atoms in total. The van der Waals surface area contributed by atoms with Crippen LogP contribution in [-0.4, -0.2) is 5.16 Å². The molecule has 0 aliphatic heterocycles. The van der Waals surface area contributed by atoms with Gasteiger partial charge in [-0.2, -0.15) is 0 Å². The highest BCUT2D eigenvalue weighted by atomic mass is 31.0. The van der Waals surface area contributed by atoms with Gasteiger partial charge < -0.3 is 0 Å². The lowest BCUT2D eigenvalue weighted by molar-refractivity contribution is -0.116. The lowest BCUT2D eigenvalue weighted by Crippen LogP contribution is -2.63. The van der Waals surface area contributed by atoms with Gasteiger partial charge in [-0.25, -0.2) is 0 Å². The molecule has 2 unspecified atom stereocenters. The van der Waals surface area contributed by atoms with Crippen LogP contribution in [0.1, 0.15) is 99.3 Å². The minimum absolute atomic E-state index is 0.366. The minimum atomic E-state index is 0.366. The van der Waals surface area contributed by atoms with E-state index in [9.17, 15) is 0 Å². The van der Waals surface area contributed by atoms with E-state index in [2.05, 4.69) is 50.8 Å². The molecule has 2 fully saturated rings. The summed E-state index contributed by atoms with van der Waals surface area (Å²) in [5, 5.41) is 0.447. The second kappa shape index (κ2) is 5.81. The van der Waals surface area contributed by atoms with Crippen LogP contribution in [0.5, 0.6) is 0 Å². The summed E-state index contributed by atoms with van der Waals surface area (Å²) >= 11 is 0. The van der Waals surface area contributed by atoms with Crippen molar-refractivity contribution in [3.8, 4) is 0 Å². The Hall–Kier alpha value is 0.430. The van der Waals surface area contributed by atoms with E-state index in [0.717, 1.165) is 5.92 Å². The zero-order valence-corrected chi connectivity index (χ0v) is 16.7. The SMILES string of the molecule is CC(C)(C)C1(C(C)(C)C)CCCCC1(P)C1CCCCC1. The van der Waals surface area contributed by atoms with Gasteiger partial charge in [0.25, 0.3) is 0 Å². The molecule has 0 aromatic rings. The first-order valence-electron chi connectivity index (χ1n) is 9.35. The van der Waals surface area contributed by atoms with E-state index in [1.54, 1.807) is 0 Å². The Kier molecular flexibility index (Phi) is 4.92. The molecular weight excluding hydrogens is 271 g/mol. The van der Waals surface area contributed by atoms with Crippen molar-refractivity contribution >= 4 is 9.24 Å². The van der Waals surface area contributed by atoms with Gasteiger partial charge in [0.2, 0.25) is 0 Å². The number of hydrogen-bond donors (Lipinski definition) is 0. The Morgan fingerprint density at radius 2 is 1.19 bits per heavy atom. The van der Waals surface area contributed by atoms with E-state index in [1.807, 2.05) is 0 Å². The van der Waals surface area contributed by atoms with Crippen molar-refractivity contribution in [2.45, 2.75) is 104 Å². The van der Waals surface area contributed by atoms with Crippen molar-refractivity contribution in [2.75, 3.05) is 0 Å². The van der Waals surface area contributed by atoms with E-state index in [0.29, 0.717) is 21.4 Å². The van der Waals surface area contributed by atoms with Crippen molar-refractivity contribution in [3.63, 3.8) is 0 Å². The molecule has 2 aliphatic rings. The van der Waals surface area contributed by atoms with Crippen LogP contribution >= 0.6 is 9.24 Å². The van der Waals surface area contributed by atoms with Gasteiger partial charge >= 0.3 is 0 Å². The summed E-state index contributed by atoms with van der Waals surface area (Å²) in [7, 11) is 3.48. The van der Waals surface area contributed by atoms with Crippen LogP contribution < -0.4 is 0 Å². The van der Waals surface area contributed by atoms with E-state index < -0.39 is 0 Å². The Labute approximate surface area is 136 Å². The number of hydrogen-bond acceptors (Lipinski definition) is 0. The summed E-state index contributed by atoms with van der Waals surface area (Å²) in [5.41, 5.74) is 1.16. The van der Waals surface area contributed by atoms with Gasteiger partial charge in [0, 0.05) is 0 Å². The summed E-state index contributed by atoms with van der Waals surface area (Å²) < 4.78 is 0. The van der Waals surface area contributed by atoms with Gasteiger partial charge in [-0.05, 0) is 53.0 Å². The first kappa shape index (κ1) is 17.8. The lowest BCUT2D eigenvalue weighted by Gasteiger charge is -2.68. The molecule has 0 aromatic carbocycles. The van der Waals surface area contributed by atoms with Crippen LogP contribution in [0.4, 0.5) is 0 Å². The first-order valence-corrected chi connectivity index (χ1v) is 9.93. The normalized spacial score (nSPS) is 32.1. The van der Waals surface area contributed by atoms with Gasteiger partial charge in [-0.15, -0.1) is 9.24 Å². The molecular formula is C20H39P. The molecule has 0 bridgehead atoms. The quantitative estimate of drug-likeness (QED) is 0.465. The van der Waals surface area contributed by atoms with Crippen LogP contribution in [0.2, 0.25) is 0 Å². The molecule has 0 spiro atoms. The summed E-state index contributed by atoms with van der Waals surface area (Å²) in [6, 6.07) is 0. The standard InChI is InChI=1S/C20H39P/c1-17(2,3)20(18(4,5)6)15-11-10-14-19(20,21)16-12-8-7-9-13-16/h16H,7-15,21H2,1-6H3. The van der Waals surface area contributed by atoms with E-state index in [-0.39, 0.29) is 0 Å². The molecule has 0 aromatic heterocycles. The Bertz CT molecular complexity index is 337. The second-order valence-corrected chi connectivity index (χ2v) is 11.0. The fraction of sp³-hybridized carbons (Fsp3) is 1.00. The van der Waals surface area contributed by atoms with Crippen molar-refractivity contribution in [2.24, 2.45) is 22.2 Å². The van der Waals surface area contributed by atoms with Crippen LogP contribution in [-0.2, 0) is 0 Å². The topological polar surface area (TPSA) is 0 Å². The lowest BCUT2D eigenvalue weighted by atomic mass is 9.42. The van der Waals surface area contributed by atoms with Crippen molar-refractivity contribution in [1.82, 2.24) is 0 Å². The second-order valence-electron chi connectivity index (χ2n) is 9.99. The molecule has 124 valence electrons. The Morgan fingerprint density at radius 3 is 1.67 bits per heavy atom. The Balaban J connectivity index is 2.52. The molecule has 2 rings (SSSR count). The summed E-state index contributed by atoms with van der Waals surface area (Å²) in [5.74, 6) is 0.926. The molecule has 0 heterocycles. The fourth-order valence-electron chi connectivity index (χ4n) is 6.70. The summed E-state index contributed by atoms with van der Waals surface area (Å²) in [6.07, 6.45) is 13.0. The van der Waals surface area contributed by atoms with Crippen LogP contribution in [0.25, 0.3) is 0 Å². The van der Waals surface area contributed by atoms with Gasteiger partial charge in [-0.3, -0.25) is 0 Å². The molecule has 0 N–H and O–H groups in total. The molecule has 0 radical (unpaired) electrons. The predicted molar refractivity (Wildman–Crippen MR) is 98.8 cm³/mol. The molecule has 2 saturated carbocycles. The maximum absolute atomic E-state index is 3.48. The van der Waals surface area contributed by atoms with Crippen LogP contribution in [0.3, 0.4) is 0 Å². The summed E-state index contributed by atoms with van der Waals surface area (Å²) in [4.78, 5) is 0. The maximum Gasteiger partial charge on any atom is -0.00559 e. The Morgan fingerprint density at radius 1 is 0.714 bits per heavy atom. The van der Waals surface area contributed by atoms with E-state index in [1.165, 1.54) is 57.8 Å². The highest BCUT2D eigenvalue weighted by Crippen LogP contribution is 2.70. The smallest absolute Gasteiger partial charge is 0.00559 e. The van der Waals surface area contributed by atoms with Crippen molar-refractivity contribution in [1.29, 1.82) is 0 Å². The van der Waals surface area contributed by atoms with Gasteiger partial charge in [0.05, 0.1) is 0 Å². The van der Waals surface area contributed by atoms with Crippen LogP contribution in [0.15, 0.2) is 0 Å². The van der Waals surface area contributed by atoms with Crippen molar-refractivity contribution < 1.29 is 0 Å².